The molecule has 0 saturated carbocycles. The summed E-state index contributed by atoms with van der Waals surface area (Å²) in [5.41, 5.74) is 0.547. The summed E-state index contributed by atoms with van der Waals surface area (Å²) >= 11 is 0. The lowest BCUT2D eigenvalue weighted by atomic mass is 9.76. The Kier molecular flexibility index (Phi) is 3.48. The molecule has 20 heavy (non-hydrogen) atoms. The third-order valence-corrected chi connectivity index (χ3v) is 4.48. The Hall–Kier alpha value is -1.10. The maximum Gasteiger partial charge on any atom is 0.125 e. The van der Waals surface area contributed by atoms with Crippen LogP contribution in [0.2, 0.25) is 0 Å². The van der Waals surface area contributed by atoms with E-state index in [4.69, 9.17) is 4.74 Å². The first-order valence-corrected chi connectivity index (χ1v) is 7.43. The zero-order valence-electron chi connectivity index (χ0n) is 12.4. The van der Waals surface area contributed by atoms with E-state index < -0.39 is 0 Å². The van der Waals surface area contributed by atoms with Gasteiger partial charge in [-0.2, -0.15) is 0 Å². The zero-order chi connectivity index (χ0) is 14.2. The van der Waals surface area contributed by atoms with Gasteiger partial charge in [-0.1, -0.05) is 18.2 Å². The first-order valence-electron chi connectivity index (χ1n) is 7.43. The third kappa shape index (κ3) is 2.22. The van der Waals surface area contributed by atoms with Crippen molar-refractivity contribution in [3.05, 3.63) is 29.8 Å². The van der Waals surface area contributed by atoms with Crippen LogP contribution in [0.5, 0.6) is 5.75 Å². The molecule has 1 unspecified atom stereocenters. The Morgan fingerprint density at radius 2 is 1.95 bits per heavy atom. The summed E-state index contributed by atoms with van der Waals surface area (Å²) in [5, 5.41) is 13.6. The fourth-order valence-corrected chi connectivity index (χ4v) is 3.69. The van der Waals surface area contributed by atoms with Crippen LogP contribution in [0.1, 0.15) is 25.8 Å². The molecule has 1 aromatic rings. The molecule has 1 aromatic carbocycles. The lowest BCUT2D eigenvalue weighted by molar-refractivity contribution is -0.0614. The highest BCUT2D eigenvalue weighted by atomic mass is 16.5. The van der Waals surface area contributed by atoms with Gasteiger partial charge in [0.1, 0.15) is 11.4 Å². The van der Waals surface area contributed by atoms with E-state index in [2.05, 4.69) is 30.1 Å². The average Bonchev–Trinajstić information content (AvgIpc) is 2.46. The Morgan fingerprint density at radius 1 is 1.25 bits per heavy atom. The fourth-order valence-electron chi connectivity index (χ4n) is 3.69. The number of benzene rings is 1. The van der Waals surface area contributed by atoms with Crippen LogP contribution in [0.15, 0.2) is 24.3 Å². The average molecular weight is 276 g/mol. The normalized spacial score (nSPS) is 29.6. The number of fused-ring (bicyclic) bond motifs is 1. The van der Waals surface area contributed by atoms with Crippen molar-refractivity contribution < 1.29 is 9.84 Å². The van der Waals surface area contributed by atoms with Gasteiger partial charge in [-0.05, 0) is 19.9 Å². The second-order valence-corrected chi connectivity index (χ2v) is 6.46. The second-order valence-electron chi connectivity index (χ2n) is 6.46. The monoisotopic (exact) mass is 276 g/mol. The number of para-hydroxylation sites is 1. The molecule has 2 heterocycles. The molecule has 0 bridgehead atoms. The predicted octanol–water partition coefficient (Wildman–Crippen LogP) is 1.34. The van der Waals surface area contributed by atoms with E-state index in [1.54, 1.807) is 0 Å². The maximum atomic E-state index is 10.3. The molecule has 0 spiro atoms. The largest absolute Gasteiger partial charge is 0.487 e. The number of nitrogens with one attached hydrogen (secondary N) is 1. The number of aliphatic hydroxyl groups is 1. The quantitative estimate of drug-likeness (QED) is 0.855. The molecule has 110 valence electrons. The number of piperazine rings is 1. The molecule has 3 rings (SSSR count). The van der Waals surface area contributed by atoms with Gasteiger partial charge in [-0.25, -0.2) is 0 Å². The molecule has 1 fully saturated rings. The summed E-state index contributed by atoms with van der Waals surface area (Å²) < 4.78 is 6.11. The predicted molar refractivity (Wildman–Crippen MR) is 79.0 cm³/mol. The van der Waals surface area contributed by atoms with Gasteiger partial charge in [0.15, 0.2) is 0 Å². The van der Waals surface area contributed by atoms with E-state index in [0.717, 1.165) is 43.9 Å². The van der Waals surface area contributed by atoms with Crippen molar-refractivity contribution in [3.8, 4) is 5.75 Å². The van der Waals surface area contributed by atoms with Crippen molar-refractivity contribution in [2.45, 2.75) is 31.4 Å². The highest BCUT2D eigenvalue weighted by molar-refractivity contribution is 5.42. The van der Waals surface area contributed by atoms with Gasteiger partial charge in [0.2, 0.25) is 0 Å². The van der Waals surface area contributed by atoms with E-state index in [0.29, 0.717) is 0 Å². The molecule has 2 N–H and O–H groups in total. The zero-order valence-corrected chi connectivity index (χ0v) is 12.4. The Morgan fingerprint density at radius 3 is 2.65 bits per heavy atom. The molecular formula is C16H24N2O2. The van der Waals surface area contributed by atoms with Gasteiger partial charge in [0, 0.05) is 38.2 Å². The molecule has 1 saturated heterocycles. The minimum Gasteiger partial charge on any atom is -0.487 e. The van der Waals surface area contributed by atoms with Crippen LogP contribution in [-0.2, 0) is 5.54 Å². The van der Waals surface area contributed by atoms with Gasteiger partial charge in [0.25, 0.3) is 0 Å². The number of hydrogen-bond donors (Lipinski definition) is 2. The first kappa shape index (κ1) is 13.9. The third-order valence-electron chi connectivity index (χ3n) is 4.48. The van der Waals surface area contributed by atoms with Crippen molar-refractivity contribution in [1.82, 2.24) is 10.2 Å². The molecule has 0 aliphatic carbocycles. The van der Waals surface area contributed by atoms with Crippen LogP contribution in [-0.4, -0.2) is 48.4 Å². The topological polar surface area (TPSA) is 44.7 Å². The van der Waals surface area contributed by atoms with Gasteiger partial charge in [-0.15, -0.1) is 0 Å². The summed E-state index contributed by atoms with van der Waals surface area (Å²) in [7, 11) is 0. The fraction of sp³-hybridized carbons (Fsp3) is 0.625. The minimum atomic E-state index is -0.319. The first-order chi connectivity index (χ1) is 9.57. The van der Waals surface area contributed by atoms with Crippen molar-refractivity contribution >= 4 is 0 Å². The van der Waals surface area contributed by atoms with Crippen LogP contribution in [0, 0.1) is 0 Å². The number of aliphatic hydroxyl groups excluding tert-OH is 1. The van der Waals surface area contributed by atoms with Gasteiger partial charge in [0.05, 0.1) is 12.1 Å². The molecule has 4 heteroatoms. The Balaban J connectivity index is 2.08. The summed E-state index contributed by atoms with van der Waals surface area (Å²) in [6.07, 6.45) is 0.813. The second kappa shape index (κ2) is 5.02. The number of rotatable bonds is 2. The minimum absolute atomic E-state index is 0.136. The van der Waals surface area contributed by atoms with E-state index >= 15 is 0 Å². The lowest BCUT2D eigenvalue weighted by Crippen LogP contribution is -2.60. The molecule has 0 amide bonds. The maximum absolute atomic E-state index is 10.3. The molecule has 2 aliphatic heterocycles. The lowest BCUT2D eigenvalue weighted by Gasteiger charge is -2.52. The van der Waals surface area contributed by atoms with E-state index in [-0.39, 0.29) is 17.7 Å². The smallest absolute Gasteiger partial charge is 0.125 e. The van der Waals surface area contributed by atoms with Crippen LogP contribution in [0.4, 0.5) is 0 Å². The summed E-state index contributed by atoms with van der Waals surface area (Å²) in [6, 6.07) is 8.15. The Bertz CT molecular complexity index is 483. The SMILES string of the molecule is CC1(C)CC(CO)(N2CCNCC2)c2ccccc2O1. The van der Waals surface area contributed by atoms with Crippen LogP contribution in [0.3, 0.4) is 0 Å². The number of ether oxygens (including phenoxy) is 1. The van der Waals surface area contributed by atoms with Crippen LogP contribution < -0.4 is 10.1 Å². The molecular weight excluding hydrogens is 252 g/mol. The van der Waals surface area contributed by atoms with Crippen molar-refractivity contribution in [1.29, 1.82) is 0 Å². The summed E-state index contributed by atoms with van der Waals surface area (Å²) in [4.78, 5) is 2.42. The molecule has 1 atom stereocenters. The Labute approximate surface area is 120 Å². The standard InChI is InChI=1S/C16H24N2O2/c1-15(2)11-16(12-19,18-9-7-17-8-10-18)13-5-3-4-6-14(13)20-15/h3-6,17,19H,7-12H2,1-2H3. The molecule has 0 aromatic heterocycles. The van der Waals surface area contributed by atoms with E-state index in [1.807, 2.05) is 18.2 Å². The summed E-state index contributed by atoms with van der Waals surface area (Å²) in [6.45, 7) is 8.23. The van der Waals surface area contributed by atoms with Gasteiger partial charge >= 0.3 is 0 Å². The highest BCUT2D eigenvalue weighted by Gasteiger charge is 2.48. The van der Waals surface area contributed by atoms with Crippen LogP contribution in [0.25, 0.3) is 0 Å². The number of nitrogens with zero attached hydrogens (tertiary/aromatic N) is 1. The highest BCUT2D eigenvalue weighted by Crippen LogP contribution is 2.46. The summed E-state index contributed by atoms with van der Waals surface area (Å²) in [5.74, 6) is 0.913. The van der Waals surface area contributed by atoms with Crippen molar-refractivity contribution in [2.75, 3.05) is 32.8 Å². The van der Waals surface area contributed by atoms with Crippen molar-refractivity contribution in [3.63, 3.8) is 0 Å². The molecule has 2 aliphatic rings. The van der Waals surface area contributed by atoms with Crippen LogP contribution >= 0.6 is 0 Å². The van der Waals surface area contributed by atoms with E-state index in [9.17, 15) is 5.11 Å². The molecule has 0 radical (unpaired) electrons. The molecule has 4 nitrogen and oxygen atoms in total. The number of hydrogen-bond acceptors (Lipinski definition) is 4. The van der Waals surface area contributed by atoms with Crippen molar-refractivity contribution in [2.24, 2.45) is 0 Å². The van der Waals surface area contributed by atoms with Gasteiger partial charge < -0.3 is 15.2 Å². The van der Waals surface area contributed by atoms with Gasteiger partial charge in [-0.3, -0.25) is 4.90 Å². The van der Waals surface area contributed by atoms with E-state index in [1.165, 1.54) is 0 Å².